The number of phenols is 1. The van der Waals surface area contributed by atoms with Crippen molar-refractivity contribution in [2.75, 3.05) is 0 Å². The molecule has 0 aliphatic carbocycles. The fourth-order valence-electron chi connectivity index (χ4n) is 1.76. The largest absolute Gasteiger partial charge is 0.508 e. The summed E-state index contributed by atoms with van der Waals surface area (Å²) in [7, 11) is 0. The van der Waals surface area contributed by atoms with Gasteiger partial charge in [0.05, 0.1) is 5.92 Å². The van der Waals surface area contributed by atoms with Gasteiger partial charge in [0, 0.05) is 16.6 Å². The van der Waals surface area contributed by atoms with Crippen LogP contribution in [0.3, 0.4) is 0 Å². The first kappa shape index (κ1) is 11.8. The SMILES string of the molecule is CC(=O)C(c1nc(C)cs1)c1ccccc1O. The van der Waals surface area contributed by atoms with Crippen molar-refractivity contribution in [3.8, 4) is 5.75 Å². The lowest BCUT2D eigenvalue weighted by atomic mass is 9.95. The number of carbonyl (C=O) groups excluding carboxylic acids is 1. The van der Waals surface area contributed by atoms with Crippen LogP contribution in [0.2, 0.25) is 0 Å². The highest BCUT2D eigenvalue weighted by Gasteiger charge is 2.24. The Hall–Kier alpha value is -1.68. The van der Waals surface area contributed by atoms with E-state index in [-0.39, 0.29) is 11.5 Å². The number of nitrogens with zero attached hydrogens (tertiary/aromatic N) is 1. The first-order valence-corrected chi connectivity index (χ1v) is 6.18. The standard InChI is InChI=1S/C13H13NO2S/c1-8-7-17-13(14-8)12(9(2)15)10-5-3-4-6-11(10)16/h3-7,12,16H,1-2H3. The minimum Gasteiger partial charge on any atom is -0.508 e. The monoisotopic (exact) mass is 247 g/mol. The molecule has 0 fully saturated rings. The lowest BCUT2D eigenvalue weighted by Crippen LogP contribution is -2.10. The van der Waals surface area contributed by atoms with Gasteiger partial charge in [-0.25, -0.2) is 4.98 Å². The van der Waals surface area contributed by atoms with Crippen molar-refractivity contribution in [3.63, 3.8) is 0 Å². The summed E-state index contributed by atoms with van der Waals surface area (Å²) < 4.78 is 0. The van der Waals surface area contributed by atoms with E-state index < -0.39 is 5.92 Å². The molecule has 1 N–H and O–H groups in total. The number of ketones is 1. The highest BCUT2D eigenvalue weighted by Crippen LogP contribution is 2.33. The second-order valence-electron chi connectivity index (χ2n) is 3.93. The molecule has 4 heteroatoms. The van der Waals surface area contributed by atoms with E-state index in [9.17, 15) is 9.90 Å². The third-order valence-corrected chi connectivity index (χ3v) is 3.57. The van der Waals surface area contributed by atoms with Crippen molar-refractivity contribution in [1.29, 1.82) is 0 Å². The summed E-state index contributed by atoms with van der Waals surface area (Å²) in [6.07, 6.45) is 0. The maximum atomic E-state index is 11.8. The Morgan fingerprint density at radius 3 is 2.65 bits per heavy atom. The molecule has 17 heavy (non-hydrogen) atoms. The quantitative estimate of drug-likeness (QED) is 0.907. The van der Waals surface area contributed by atoms with Crippen molar-refractivity contribution in [2.24, 2.45) is 0 Å². The van der Waals surface area contributed by atoms with E-state index >= 15 is 0 Å². The van der Waals surface area contributed by atoms with Crippen LogP contribution in [0.4, 0.5) is 0 Å². The zero-order valence-corrected chi connectivity index (χ0v) is 10.5. The zero-order valence-electron chi connectivity index (χ0n) is 9.68. The number of carbonyl (C=O) groups is 1. The molecule has 0 aliphatic heterocycles. The normalized spacial score (nSPS) is 12.4. The lowest BCUT2D eigenvalue weighted by Gasteiger charge is -2.12. The molecule has 1 atom stereocenters. The third-order valence-electron chi connectivity index (χ3n) is 2.54. The smallest absolute Gasteiger partial charge is 0.144 e. The summed E-state index contributed by atoms with van der Waals surface area (Å²) in [5, 5.41) is 12.5. The third kappa shape index (κ3) is 2.36. The molecule has 2 aromatic rings. The predicted octanol–water partition coefficient (Wildman–Crippen LogP) is 2.88. The Bertz CT molecular complexity index is 548. The Labute approximate surface area is 104 Å². The average molecular weight is 247 g/mol. The molecule has 0 amide bonds. The summed E-state index contributed by atoms with van der Waals surface area (Å²) in [6.45, 7) is 3.41. The van der Waals surface area contributed by atoms with E-state index in [4.69, 9.17) is 0 Å². The number of benzene rings is 1. The van der Waals surface area contributed by atoms with E-state index in [1.807, 2.05) is 18.4 Å². The molecule has 1 unspecified atom stereocenters. The summed E-state index contributed by atoms with van der Waals surface area (Å²) in [4.78, 5) is 16.1. The highest BCUT2D eigenvalue weighted by molar-refractivity contribution is 7.09. The van der Waals surface area contributed by atoms with Crippen LogP contribution in [0.5, 0.6) is 5.75 Å². The van der Waals surface area contributed by atoms with E-state index in [0.717, 1.165) is 10.7 Å². The highest BCUT2D eigenvalue weighted by atomic mass is 32.1. The van der Waals surface area contributed by atoms with Crippen LogP contribution in [0.15, 0.2) is 29.6 Å². The minimum absolute atomic E-state index is 0.0131. The number of hydrogen-bond acceptors (Lipinski definition) is 4. The van der Waals surface area contributed by atoms with Crippen molar-refractivity contribution >= 4 is 17.1 Å². The predicted molar refractivity (Wildman–Crippen MR) is 67.5 cm³/mol. The van der Waals surface area contributed by atoms with Gasteiger partial charge in [-0.2, -0.15) is 0 Å². The molecule has 0 spiro atoms. The van der Waals surface area contributed by atoms with E-state index in [0.29, 0.717) is 5.56 Å². The molecule has 0 radical (unpaired) electrons. The van der Waals surface area contributed by atoms with E-state index in [1.54, 1.807) is 18.2 Å². The number of para-hydroxylation sites is 1. The molecule has 1 aromatic heterocycles. The Morgan fingerprint density at radius 1 is 1.41 bits per heavy atom. The van der Waals surface area contributed by atoms with Gasteiger partial charge in [-0.1, -0.05) is 18.2 Å². The van der Waals surface area contributed by atoms with Gasteiger partial charge in [0.2, 0.25) is 0 Å². The number of Topliss-reactive ketones (excluding diaryl/α,β-unsaturated/α-hetero) is 1. The van der Waals surface area contributed by atoms with Gasteiger partial charge in [0.15, 0.2) is 0 Å². The fraction of sp³-hybridized carbons (Fsp3) is 0.231. The molecule has 88 valence electrons. The Kier molecular flexibility index (Phi) is 3.24. The summed E-state index contributed by atoms with van der Waals surface area (Å²) >= 11 is 1.45. The molecule has 0 bridgehead atoms. The van der Waals surface area contributed by atoms with Crippen LogP contribution in [0.25, 0.3) is 0 Å². The maximum absolute atomic E-state index is 11.8. The number of thiazole rings is 1. The fourth-order valence-corrected chi connectivity index (χ4v) is 2.73. The lowest BCUT2D eigenvalue weighted by molar-refractivity contribution is -0.117. The second kappa shape index (κ2) is 4.67. The van der Waals surface area contributed by atoms with Crippen LogP contribution < -0.4 is 0 Å². The number of phenolic OH excluding ortho intramolecular Hbond substituents is 1. The Morgan fingerprint density at radius 2 is 2.12 bits per heavy atom. The van der Waals surface area contributed by atoms with Gasteiger partial charge < -0.3 is 5.11 Å². The van der Waals surface area contributed by atoms with Crippen molar-refractivity contribution in [3.05, 3.63) is 45.9 Å². The summed E-state index contributed by atoms with van der Waals surface area (Å²) in [5.74, 6) is -0.337. The molecule has 3 nitrogen and oxygen atoms in total. The molecular formula is C13H13NO2S. The average Bonchev–Trinajstić information content (AvgIpc) is 2.68. The van der Waals surface area contributed by atoms with Crippen molar-refractivity contribution in [2.45, 2.75) is 19.8 Å². The minimum atomic E-state index is -0.463. The number of rotatable bonds is 3. The van der Waals surface area contributed by atoms with Crippen molar-refractivity contribution in [1.82, 2.24) is 4.98 Å². The van der Waals surface area contributed by atoms with Gasteiger partial charge in [-0.3, -0.25) is 4.79 Å². The number of aryl methyl sites for hydroxylation is 1. The van der Waals surface area contributed by atoms with Crippen molar-refractivity contribution < 1.29 is 9.90 Å². The van der Waals surface area contributed by atoms with Crippen LogP contribution in [-0.4, -0.2) is 15.9 Å². The topological polar surface area (TPSA) is 50.2 Å². The van der Waals surface area contributed by atoms with Gasteiger partial charge in [-0.05, 0) is 19.9 Å². The molecule has 0 saturated heterocycles. The number of aromatic nitrogens is 1. The van der Waals surface area contributed by atoms with Gasteiger partial charge in [0.1, 0.15) is 16.5 Å². The maximum Gasteiger partial charge on any atom is 0.144 e. The molecule has 0 saturated carbocycles. The summed E-state index contributed by atoms with van der Waals surface area (Å²) in [5.41, 5.74) is 1.51. The molecule has 0 aliphatic rings. The molecule has 1 heterocycles. The first-order valence-electron chi connectivity index (χ1n) is 5.30. The van der Waals surface area contributed by atoms with Crippen LogP contribution >= 0.6 is 11.3 Å². The van der Waals surface area contributed by atoms with Crippen LogP contribution in [-0.2, 0) is 4.79 Å². The van der Waals surface area contributed by atoms with Gasteiger partial charge in [-0.15, -0.1) is 11.3 Å². The van der Waals surface area contributed by atoms with E-state index in [1.165, 1.54) is 18.3 Å². The second-order valence-corrected chi connectivity index (χ2v) is 4.82. The first-order chi connectivity index (χ1) is 8.09. The zero-order chi connectivity index (χ0) is 12.4. The van der Waals surface area contributed by atoms with Crippen LogP contribution in [0, 0.1) is 6.92 Å². The van der Waals surface area contributed by atoms with Gasteiger partial charge >= 0.3 is 0 Å². The number of hydrogen-bond donors (Lipinski definition) is 1. The van der Waals surface area contributed by atoms with Crippen LogP contribution in [0.1, 0.15) is 29.1 Å². The van der Waals surface area contributed by atoms with E-state index in [2.05, 4.69) is 4.98 Å². The Balaban J connectivity index is 2.50. The van der Waals surface area contributed by atoms with Gasteiger partial charge in [0.25, 0.3) is 0 Å². The number of aromatic hydroxyl groups is 1. The molecular weight excluding hydrogens is 234 g/mol. The molecule has 2 rings (SSSR count). The summed E-state index contributed by atoms with van der Waals surface area (Å²) in [6, 6.07) is 6.90. The molecule has 1 aromatic carbocycles.